The van der Waals surface area contributed by atoms with E-state index in [0.29, 0.717) is 10.5 Å². The molecule has 3 N–H and O–H groups in total. The van der Waals surface area contributed by atoms with Crippen LogP contribution < -0.4 is 11.1 Å². The van der Waals surface area contributed by atoms with Crippen LogP contribution in [0.5, 0.6) is 0 Å². The number of aryl methyl sites for hydroxylation is 1. The Balaban J connectivity index is 1.92. The number of primary amides is 1. The Kier molecular flexibility index (Phi) is 5.61. The molecule has 1 aromatic heterocycles. The van der Waals surface area contributed by atoms with Crippen LogP contribution >= 0.6 is 0 Å². The maximum Gasteiger partial charge on any atom is 0.407 e. The summed E-state index contributed by atoms with van der Waals surface area (Å²) in [5, 5.41) is 3.72. The Morgan fingerprint density at radius 1 is 1.24 bits per heavy atom. The summed E-state index contributed by atoms with van der Waals surface area (Å²) in [6.45, 7) is 9.05. The zero-order valence-electron chi connectivity index (χ0n) is 17.8. The van der Waals surface area contributed by atoms with Crippen LogP contribution in [0.4, 0.5) is 9.28 Å². The molecule has 0 radical (unpaired) electrons. The highest BCUT2D eigenvalue weighted by Gasteiger charge is 2.29. The zero-order chi connectivity index (χ0) is 21.5. The van der Waals surface area contributed by atoms with Gasteiger partial charge in [0, 0.05) is 11.4 Å². The normalized spacial score (nSPS) is 19.9. The van der Waals surface area contributed by atoms with Crippen LogP contribution in [0.15, 0.2) is 12.1 Å². The maximum absolute atomic E-state index is 14.8. The highest BCUT2D eigenvalue weighted by atomic mass is 19.2. The number of carbonyl (C=O) groups is 2. The lowest BCUT2D eigenvalue weighted by Crippen LogP contribution is -2.41. The van der Waals surface area contributed by atoms with Crippen LogP contribution in [-0.2, 0) is 4.74 Å². The smallest absolute Gasteiger partial charge is 0.407 e. The van der Waals surface area contributed by atoms with Gasteiger partial charge in [-0.2, -0.15) is 4.79 Å². The fraction of sp³-hybridized carbons (Fsp3) is 0.545. The molecule has 2 amide bonds. The number of carbonyl (C=O) groups excluding carboxylic acids is 2. The second-order valence-electron chi connectivity index (χ2n) is 8.99. The molecule has 0 spiro atoms. The fourth-order valence-electron chi connectivity index (χ4n) is 4.32. The van der Waals surface area contributed by atoms with Crippen molar-refractivity contribution >= 4 is 22.9 Å². The van der Waals surface area contributed by atoms with Gasteiger partial charge in [-0.05, 0) is 77.0 Å². The highest BCUT2D eigenvalue weighted by molar-refractivity contribution is 6.07. The van der Waals surface area contributed by atoms with Crippen molar-refractivity contribution in [2.75, 3.05) is 0 Å². The molecule has 1 saturated carbocycles. The van der Waals surface area contributed by atoms with E-state index in [9.17, 15) is 14.1 Å². The summed E-state index contributed by atoms with van der Waals surface area (Å²) in [6, 6.07) is 3.48. The maximum atomic E-state index is 14.8. The average molecular weight is 403 g/mol. The van der Waals surface area contributed by atoms with Gasteiger partial charge in [-0.25, -0.2) is 4.79 Å². The largest absolute Gasteiger partial charge is 0.444 e. The standard InChI is InChI=1S/C22H30FN3O3/c1-12-13(2)26(23)19-17(20(24)27)10-9-16(18(12)19)14-7-6-8-15(11-14)25-21(28)29-22(3,4)5/h9-10,14-15H,6-8,11H2,1-5H3,(H2,24,27)(H,25,28)/t14?,15-/m0/s1. The number of nitrogens with two attached hydrogens (primary N) is 1. The van der Waals surface area contributed by atoms with Gasteiger partial charge in [0.1, 0.15) is 5.60 Å². The molecule has 29 heavy (non-hydrogen) atoms. The van der Waals surface area contributed by atoms with Crippen LogP contribution in [0.25, 0.3) is 10.9 Å². The number of hydrogen-bond donors (Lipinski definition) is 2. The number of rotatable bonds is 3. The average Bonchev–Trinajstić information content (AvgIpc) is 2.84. The van der Waals surface area contributed by atoms with Crippen molar-refractivity contribution in [3.8, 4) is 0 Å². The summed E-state index contributed by atoms with van der Waals surface area (Å²) in [7, 11) is 0. The van der Waals surface area contributed by atoms with E-state index in [0.717, 1.165) is 42.2 Å². The Hall–Kier alpha value is -2.57. The first-order valence-electron chi connectivity index (χ1n) is 10.1. The van der Waals surface area contributed by atoms with Crippen molar-refractivity contribution in [2.24, 2.45) is 5.73 Å². The summed E-state index contributed by atoms with van der Waals surface area (Å²) < 4.78 is 20.2. The number of fused-ring (bicyclic) bond motifs is 1. The second kappa shape index (κ2) is 7.69. The van der Waals surface area contributed by atoms with Crippen molar-refractivity contribution in [2.45, 2.75) is 77.9 Å². The van der Waals surface area contributed by atoms with Crippen LogP contribution in [0, 0.1) is 13.8 Å². The summed E-state index contributed by atoms with van der Waals surface area (Å²) in [4.78, 5) is 24.6. The Morgan fingerprint density at radius 3 is 2.55 bits per heavy atom. The Labute approximate surface area is 170 Å². The van der Waals surface area contributed by atoms with Crippen molar-refractivity contribution in [1.29, 1.82) is 0 Å². The predicted molar refractivity (Wildman–Crippen MR) is 111 cm³/mol. The van der Waals surface area contributed by atoms with Gasteiger partial charge in [-0.1, -0.05) is 17.0 Å². The molecule has 2 aromatic rings. The van der Waals surface area contributed by atoms with E-state index in [4.69, 9.17) is 10.5 Å². The number of amides is 2. The monoisotopic (exact) mass is 403 g/mol. The second-order valence-corrected chi connectivity index (χ2v) is 8.99. The van der Waals surface area contributed by atoms with Crippen LogP contribution in [-0.4, -0.2) is 28.4 Å². The third-order valence-corrected chi connectivity index (χ3v) is 5.72. The molecule has 0 bridgehead atoms. The Morgan fingerprint density at radius 2 is 1.93 bits per heavy atom. The third kappa shape index (κ3) is 4.23. The van der Waals surface area contributed by atoms with Crippen molar-refractivity contribution in [3.63, 3.8) is 0 Å². The molecule has 1 unspecified atom stereocenters. The lowest BCUT2D eigenvalue weighted by Gasteiger charge is -2.31. The summed E-state index contributed by atoms with van der Waals surface area (Å²) in [5.41, 5.74) is 7.63. The molecule has 0 saturated heterocycles. The van der Waals surface area contributed by atoms with E-state index >= 15 is 0 Å². The lowest BCUT2D eigenvalue weighted by atomic mass is 9.79. The number of alkyl carbamates (subject to hydrolysis) is 1. The topological polar surface area (TPSA) is 86.4 Å². The Bertz CT molecular complexity index is 959. The van der Waals surface area contributed by atoms with Crippen LogP contribution in [0.3, 0.4) is 0 Å². The molecular formula is C22H30FN3O3. The molecule has 6 nitrogen and oxygen atoms in total. The minimum Gasteiger partial charge on any atom is -0.444 e. The van der Waals surface area contributed by atoms with Gasteiger partial charge >= 0.3 is 6.09 Å². The predicted octanol–water partition coefficient (Wildman–Crippen LogP) is 4.64. The third-order valence-electron chi connectivity index (χ3n) is 5.72. The van der Waals surface area contributed by atoms with Crippen molar-refractivity contribution in [3.05, 3.63) is 34.5 Å². The summed E-state index contributed by atoms with van der Waals surface area (Å²) in [6.07, 6.45) is 3.08. The van der Waals surface area contributed by atoms with E-state index in [1.807, 2.05) is 33.8 Å². The molecular weight excluding hydrogens is 373 g/mol. The van der Waals surface area contributed by atoms with E-state index in [-0.39, 0.29) is 23.0 Å². The molecule has 0 aliphatic heterocycles. The van der Waals surface area contributed by atoms with Gasteiger partial charge in [0.25, 0.3) is 5.91 Å². The van der Waals surface area contributed by atoms with Crippen LogP contribution in [0.1, 0.15) is 79.6 Å². The first-order chi connectivity index (χ1) is 13.5. The summed E-state index contributed by atoms with van der Waals surface area (Å²) >= 11 is 0. The highest BCUT2D eigenvalue weighted by Crippen LogP contribution is 2.40. The summed E-state index contributed by atoms with van der Waals surface area (Å²) in [5.74, 6) is -0.500. The minimum atomic E-state index is -0.647. The minimum absolute atomic E-state index is 0.0108. The van der Waals surface area contributed by atoms with E-state index in [2.05, 4.69) is 5.32 Å². The fourth-order valence-corrected chi connectivity index (χ4v) is 4.32. The van der Waals surface area contributed by atoms with Crippen molar-refractivity contribution < 1.29 is 18.8 Å². The van der Waals surface area contributed by atoms with Gasteiger partial charge in [-0.3, -0.25) is 4.79 Å². The molecule has 1 aromatic carbocycles. The van der Waals surface area contributed by atoms with E-state index in [1.165, 1.54) is 0 Å². The molecule has 1 fully saturated rings. The number of halogens is 1. The SMILES string of the molecule is Cc1c(C)n(F)c2c(C(N)=O)ccc(C3CCC[C@H](NC(=O)OC(C)(C)C)C3)c12. The molecule has 1 aliphatic carbocycles. The van der Waals surface area contributed by atoms with Gasteiger partial charge < -0.3 is 15.8 Å². The van der Waals surface area contributed by atoms with Gasteiger partial charge in [0.2, 0.25) is 0 Å². The number of benzene rings is 1. The molecule has 7 heteroatoms. The number of hydrogen-bond acceptors (Lipinski definition) is 3. The van der Waals surface area contributed by atoms with Gasteiger partial charge in [0.05, 0.1) is 16.8 Å². The number of nitrogens with zero attached hydrogens (tertiary/aromatic N) is 1. The quantitative estimate of drug-likeness (QED) is 0.783. The molecule has 158 valence electrons. The molecule has 3 rings (SSSR count). The van der Waals surface area contributed by atoms with Crippen LogP contribution in [0.2, 0.25) is 0 Å². The number of nitrogens with one attached hydrogen (secondary N) is 1. The lowest BCUT2D eigenvalue weighted by molar-refractivity contribution is 0.0490. The molecule has 1 aliphatic rings. The zero-order valence-corrected chi connectivity index (χ0v) is 17.8. The van der Waals surface area contributed by atoms with Gasteiger partial charge in [-0.15, -0.1) is 0 Å². The number of ether oxygens (including phenoxy) is 1. The van der Waals surface area contributed by atoms with E-state index in [1.54, 1.807) is 13.0 Å². The van der Waals surface area contributed by atoms with Crippen molar-refractivity contribution in [1.82, 2.24) is 10.1 Å². The van der Waals surface area contributed by atoms with Gasteiger partial charge in [0.15, 0.2) is 0 Å². The first kappa shape index (κ1) is 21.1. The van der Waals surface area contributed by atoms with E-state index < -0.39 is 17.6 Å². The number of aromatic nitrogens is 1. The molecule has 1 heterocycles. The first-order valence-corrected chi connectivity index (χ1v) is 10.1. The molecule has 2 atom stereocenters.